The molecular formula is C18H21FN4O4S. The summed E-state index contributed by atoms with van der Waals surface area (Å²) in [5.74, 6) is -0.255. The second-order valence-electron chi connectivity index (χ2n) is 7.31. The molecule has 0 bridgehead atoms. The summed E-state index contributed by atoms with van der Waals surface area (Å²) in [6, 6.07) is 2.01. The minimum atomic E-state index is -4.10. The van der Waals surface area contributed by atoms with Crippen molar-refractivity contribution < 1.29 is 17.7 Å². The van der Waals surface area contributed by atoms with Gasteiger partial charge in [0.2, 0.25) is 10.0 Å². The fraction of sp³-hybridized carbons (Fsp3) is 0.500. The third kappa shape index (κ3) is 3.10. The van der Waals surface area contributed by atoms with Gasteiger partial charge in [-0.25, -0.2) is 17.8 Å². The predicted molar refractivity (Wildman–Crippen MR) is 98.8 cm³/mol. The first-order chi connectivity index (χ1) is 13.3. The van der Waals surface area contributed by atoms with E-state index in [2.05, 4.69) is 0 Å². The lowest BCUT2D eigenvalue weighted by Gasteiger charge is -2.24. The Morgan fingerprint density at radius 2 is 1.96 bits per heavy atom. The van der Waals surface area contributed by atoms with Gasteiger partial charge in [-0.2, -0.15) is 4.31 Å². The van der Waals surface area contributed by atoms with Gasteiger partial charge in [0.25, 0.3) is 5.69 Å². The molecule has 2 aliphatic rings. The molecule has 0 amide bonds. The van der Waals surface area contributed by atoms with E-state index in [0.717, 1.165) is 49.2 Å². The Hall–Kier alpha value is -2.33. The van der Waals surface area contributed by atoms with E-state index in [9.17, 15) is 22.9 Å². The Morgan fingerprint density at radius 3 is 2.68 bits per heavy atom. The van der Waals surface area contributed by atoms with Crippen LogP contribution in [0.4, 0.5) is 10.1 Å². The highest BCUT2D eigenvalue weighted by atomic mass is 32.2. The van der Waals surface area contributed by atoms with Crippen molar-refractivity contribution in [1.82, 2.24) is 13.9 Å². The number of aryl methyl sites for hydroxylation is 1. The molecule has 0 radical (unpaired) electrons. The van der Waals surface area contributed by atoms with E-state index in [-0.39, 0.29) is 6.54 Å². The summed E-state index contributed by atoms with van der Waals surface area (Å²) < 4.78 is 43.5. The first kappa shape index (κ1) is 19.0. The zero-order valence-electron chi connectivity index (χ0n) is 15.5. The number of non-ortho nitro benzene ring substituents is 1. The first-order valence-electron chi connectivity index (χ1n) is 9.30. The van der Waals surface area contributed by atoms with Gasteiger partial charge in [0.1, 0.15) is 11.6 Å². The highest BCUT2D eigenvalue weighted by Crippen LogP contribution is 2.38. The average Bonchev–Trinajstić information content (AvgIpc) is 3.26. The van der Waals surface area contributed by atoms with Gasteiger partial charge in [-0.3, -0.25) is 10.1 Å². The lowest BCUT2D eigenvalue weighted by molar-refractivity contribution is -0.385. The maximum Gasteiger partial charge on any atom is 0.273 e. The molecular weight excluding hydrogens is 387 g/mol. The standard InChI is InChI=1S/C18H21FN4O4S/c1-21-16-6-3-2-5-15(16)20-18(21)17-7-4-8-22(17)28(26,27)14-10-12(19)9-13(11-14)23(24)25/h9-11,17H,2-8H2,1H3/t17-/m1/s1. The maximum absolute atomic E-state index is 13.8. The fourth-order valence-electron chi connectivity index (χ4n) is 4.23. The quantitative estimate of drug-likeness (QED) is 0.572. The normalized spacial score (nSPS) is 20.3. The van der Waals surface area contributed by atoms with Crippen LogP contribution in [0.5, 0.6) is 0 Å². The Kier molecular flexibility index (Phi) is 4.70. The number of rotatable bonds is 4. The van der Waals surface area contributed by atoms with Crippen molar-refractivity contribution in [1.29, 1.82) is 0 Å². The smallest absolute Gasteiger partial charge is 0.273 e. The van der Waals surface area contributed by atoms with Crippen LogP contribution >= 0.6 is 0 Å². The lowest BCUT2D eigenvalue weighted by atomic mass is 10.0. The van der Waals surface area contributed by atoms with E-state index in [1.165, 1.54) is 4.31 Å². The monoisotopic (exact) mass is 408 g/mol. The number of hydrogen-bond acceptors (Lipinski definition) is 5. The Morgan fingerprint density at radius 1 is 1.21 bits per heavy atom. The molecule has 8 nitrogen and oxygen atoms in total. The second-order valence-corrected chi connectivity index (χ2v) is 9.20. The molecule has 2 aromatic rings. The molecule has 2 heterocycles. The molecule has 0 N–H and O–H groups in total. The van der Waals surface area contributed by atoms with Gasteiger partial charge < -0.3 is 4.57 Å². The number of nitro benzene ring substituents is 1. The minimum absolute atomic E-state index is 0.273. The first-order valence-corrected chi connectivity index (χ1v) is 10.7. The number of imidazole rings is 1. The minimum Gasteiger partial charge on any atom is -0.333 e. The van der Waals surface area contributed by atoms with E-state index < -0.39 is 37.4 Å². The summed E-state index contributed by atoms with van der Waals surface area (Å²) >= 11 is 0. The van der Waals surface area contributed by atoms with Crippen LogP contribution in [0.1, 0.15) is 48.9 Å². The van der Waals surface area contributed by atoms with E-state index in [4.69, 9.17) is 4.98 Å². The SMILES string of the molecule is Cn1c([C@H]2CCCN2S(=O)(=O)c2cc(F)cc([N+](=O)[O-])c2)nc2c1CCCC2. The summed E-state index contributed by atoms with van der Waals surface area (Å²) in [7, 11) is -2.19. The van der Waals surface area contributed by atoms with E-state index >= 15 is 0 Å². The molecule has 1 saturated heterocycles. The molecule has 1 aromatic heterocycles. The van der Waals surface area contributed by atoms with Crippen LogP contribution in [0.3, 0.4) is 0 Å². The average molecular weight is 408 g/mol. The number of fused-ring (bicyclic) bond motifs is 1. The zero-order chi connectivity index (χ0) is 20.1. The number of nitro groups is 1. The number of sulfonamides is 1. The number of aromatic nitrogens is 2. The Bertz CT molecular complexity index is 1050. The lowest BCUT2D eigenvalue weighted by Crippen LogP contribution is -2.32. The van der Waals surface area contributed by atoms with Gasteiger partial charge in [0.05, 0.1) is 27.6 Å². The van der Waals surface area contributed by atoms with Crippen molar-refractivity contribution in [3.8, 4) is 0 Å². The summed E-state index contributed by atoms with van der Waals surface area (Å²) in [6.45, 7) is 0.273. The second kappa shape index (κ2) is 6.93. The number of halogens is 1. The predicted octanol–water partition coefficient (Wildman–Crippen LogP) is 2.87. The van der Waals surface area contributed by atoms with Crippen LogP contribution in [0.25, 0.3) is 0 Å². The topological polar surface area (TPSA) is 98.3 Å². The van der Waals surface area contributed by atoms with Crippen molar-refractivity contribution in [2.45, 2.75) is 49.5 Å². The molecule has 1 aliphatic carbocycles. The van der Waals surface area contributed by atoms with Gasteiger partial charge >= 0.3 is 0 Å². The van der Waals surface area contributed by atoms with Crippen molar-refractivity contribution in [3.63, 3.8) is 0 Å². The molecule has 1 fully saturated rings. The number of benzene rings is 1. The van der Waals surface area contributed by atoms with E-state index in [1.54, 1.807) is 0 Å². The summed E-state index contributed by atoms with van der Waals surface area (Å²) in [6.07, 6.45) is 5.24. The summed E-state index contributed by atoms with van der Waals surface area (Å²) in [5, 5.41) is 11.0. The van der Waals surface area contributed by atoms with Crippen LogP contribution in [-0.4, -0.2) is 33.7 Å². The molecule has 0 saturated carbocycles. The van der Waals surface area contributed by atoms with Gasteiger partial charge in [-0.1, -0.05) is 0 Å². The van der Waals surface area contributed by atoms with Gasteiger partial charge in [0, 0.05) is 25.4 Å². The highest BCUT2D eigenvalue weighted by Gasteiger charge is 2.40. The van der Waals surface area contributed by atoms with Crippen LogP contribution in [0.15, 0.2) is 23.1 Å². The third-order valence-electron chi connectivity index (χ3n) is 5.58. The third-order valence-corrected chi connectivity index (χ3v) is 7.47. The summed E-state index contributed by atoms with van der Waals surface area (Å²) in [4.78, 5) is 14.5. The zero-order valence-corrected chi connectivity index (χ0v) is 16.3. The van der Waals surface area contributed by atoms with Crippen molar-refractivity contribution in [2.24, 2.45) is 7.05 Å². The maximum atomic E-state index is 13.8. The van der Waals surface area contributed by atoms with Crippen LogP contribution < -0.4 is 0 Å². The largest absolute Gasteiger partial charge is 0.333 e. The van der Waals surface area contributed by atoms with Crippen LogP contribution in [0.2, 0.25) is 0 Å². The van der Waals surface area contributed by atoms with Gasteiger partial charge in [-0.15, -0.1) is 0 Å². The van der Waals surface area contributed by atoms with Gasteiger partial charge in [-0.05, 0) is 44.6 Å². The van der Waals surface area contributed by atoms with E-state index in [0.29, 0.717) is 24.7 Å². The Labute approximate surface area is 162 Å². The molecule has 4 rings (SSSR count). The van der Waals surface area contributed by atoms with Crippen molar-refractivity contribution >= 4 is 15.7 Å². The molecule has 0 unspecified atom stereocenters. The van der Waals surface area contributed by atoms with Crippen molar-refractivity contribution in [3.05, 3.63) is 51.3 Å². The number of nitrogens with zero attached hydrogens (tertiary/aromatic N) is 4. The molecule has 1 atom stereocenters. The number of hydrogen-bond donors (Lipinski definition) is 0. The van der Waals surface area contributed by atoms with Crippen LogP contribution in [-0.2, 0) is 29.9 Å². The van der Waals surface area contributed by atoms with Crippen molar-refractivity contribution in [2.75, 3.05) is 6.54 Å². The highest BCUT2D eigenvalue weighted by molar-refractivity contribution is 7.89. The van der Waals surface area contributed by atoms with Crippen LogP contribution in [0, 0.1) is 15.9 Å². The Balaban J connectivity index is 1.74. The fourth-order valence-corrected chi connectivity index (χ4v) is 5.93. The molecule has 1 aliphatic heterocycles. The van der Waals surface area contributed by atoms with Gasteiger partial charge in [0.15, 0.2) is 0 Å². The van der Waals surface area contributed by atoms with E-state index in [1.807, 2.05) is 11.6 Å². The molecule has 28 heavy (non-hydrogen) atoms. The molecule has 10 heteroatoms. The molecule has 150 valence electrons. The summed E-state index contributed by atoms with van der Waals surface area (Å²) in [5.41, 5.74) is 1.59. The molecule has 0 spiro atoms. The molecule has 1 aromatic carbocycles.